The Labute approximate surface area is 107 Å². The minimum atomic E-state index is -0.757. The highest BCUT2D eigenvalue weighted by Gasteiger charge is 2.35. The molecule has 1 aromatic carbocycles. The number of rotatable bonds is 4. The van der Waals surface area contributed by atoms with Gasteiger partial charge in [-0.2, -0.15) is 0 Å². The minimum Gasteiger partial charge on any atom is -0.481 e. The summed E-state index contributed by atoms with van der Waals surface area (Å²) in [5.41, 5.74) is 0.807. The number of carboxylic acid groups (broad SMARTS) is 1. The number of hydrogen-bond donors (Lipinski definition) is 2. The third-order valence-electron chi connectivity index (χ3n) is 3.15. The zero-order valence-electron chi connectivity index (χ0n) is 9.12. The van der Waals surface area contributed by atoms with Crippen molar-refractivity contribution in [3.05, 3.63) is 34.1 Å². The zero-order valence-corrected chi connectivity index (χ0v) is 10.7. The fourth-order valence-electron chi connectivity index (χ4n) is 1.96. The van der Waals surface area contributed by atoms with Crippen molar-refractivity contribution < 1.29 is 14.3 Å². The summed E-state index contributed by atoms with van der Waals surface area (Å²) in [4.78, 5) is 10.8. The van der Waals surface area contributed by atoms with Gasteiger partial charge in [0.25, 0.3) is 0 Å². The van der Waals surface area contributed by atoms with E-state index in [1.807, 2.05) is 0 Å². The molecule has 0 spiro atoms. The van der Waals surface area contributed by atoms with Crippen LogP contribution in [0.5, 0.6) is 0 Å². The maximum absolute atomic E-state index is 13.0. The van der Waals surface area contributed by atoms with Gasteiger partial charge in [-0.1, -0.05) is 15.9 Å². The molecule has 2 unspecified atom stereocenters. The number of benzene rings is 1. The highest BCUT2D eigenvalue weighted by molar-refractivity contribution is 9.10. The Balaban J connectivity index is 1.94. The van der Waals surface area contributed by atoms with Gasteiger partial charge in [0.2, 0.25) is 0 Å². The molecule has 1 saturated carbocycles. The number of carbonyl (C=O) groups is 1. The van der Waals surface area contributed by atoms with E-state index in [-0.39, 0.29) is 17.8 Å². The van der Waals surface area contributed by atoms with Crippen molar-refractivity contribution >= 4 is 21.9 Å². The highest BCUT2D eigenvalue weighted by Crippen LogP contribution is 2.28. The quantitative estimate of drug-likeness (QED) is 0.898. The zero-order chi connectivity index (χ0) is 12.4. The lowest BCUT2D eigenvalue weighted by Crippen LogP contribution is -2.47. The molecule has 1 aromatic rings. The Morgan fingerprint density at radius 1 is 1.53 bits per heavy atom. The van der Waals surface area contributed by atoms with E-state index in [4.69, 9.17) is 5.11 Å². The predicted octanol–water partition coefficient (Wildman–Crippen LogP) is 2.54. The van der Waals surface area contributed by atoms with Gasteiger partial charge in [-0.05, 0) is 36.6 Å². The lowest BCUT2D eigenvalue weighted by Gasteiger charge is -2.34. The van der Waals surface area contributed by atoms with E-state index in [0.29, 0.717) is 6.54 Å². The maximum Gasteiger partial charge on any atom is 0.308 e. The van der Waals surface area contributed by atoms with Gasteiger partial charge >= 0.3 is 5.97 Å². The Morgan fingerprint density at radius 2 is 2.29 bits per heavy atom. The Bertz CT molecular complexity index is 439. The van der Waals surface area contributed by atoms with Crippen LogP contribution in [0.3, 0.4) is 0 Å². The van der Waals surface area contributed by atoms with Crippen LogP contribution >= 0.6 is 15.9 Å². The van der Waals surface area contributed by atoms with E-state index >= 15 is 0 Å². The van der Waals surface area contributed by atoms with Crippen molar-refractivity contribution in [2.24, 2.45) is 5.92 Å². The molecular weight excluding hydrogens is 289 g/mol. The average molecular weight is 302 g/mol. The summed E-state index contributed by atoms with van der Waals surface area (Å²) in [7, 11) is 0. The highest BCUT2D eigenvalue weighted by atomic mass is 79.9. The monoisotopic (exact) mass is 301 g/mol. The summed E-state index contributed by atoms with van der Waals surface area (Å²) in [5, 5.41) is 12.0. The first-order valence-corrected chi connectivity index (χ1v) is 6.27. The number of aliphatic carboxylic acids is 1. The summed E-state index contributed by atoms with van der Waals surface area (Å²) in [6.07, 6.45) is 1.58. The smallest absolute Gasteiger partial charge is 0.308 e. The van der Waals surface area contributed by atoms with Crippen molar-refractivity contribution in [2.75, 3.05) is 0 Å². The standard InChI is InChI=1S/C12H13BrFNO2/c13-10-3-1-8(14)5-7(10)6-15-11-4-2-9(11)12(16)17/h1,3,5,9,11,15H,2,4,6H2,(H,16,17). The van der Waals surface area contributed by atoms with Gasteiger partial charge in [0.15, 0.2) is 0 Å². The molecule has 1 aliphatic carbocycles. The molecule has 17 heavy (non-hydrogen) atoms. The topological polar surface area (TPSA) is 49.3 Å². The molecule has 0 saturated heterocycles. The van der Waals surface area contributed by atoms with Crippen LogP contribution in [0.2, 0.25) is 0 Å². The summed E-state index contributed by atoms with van der Waals surface area (Å²) in [6, 6.07) is 4.49. The second-order valence-electron chi connectivity index (χ2n) is 4.25. The van der Waals surface area contributed by atoms with Crippen molar-refractivity contribution in [3.63, 3.8) is 0 Å². The predicted molar refractivity (Wildman–Crippen MR) is 65.1 cm³/mol. The van der Waals surface area contributed by atoms with E-state index in [2.05, 4.69) is 21.2 Å². The molecule has 0 radical (unpaired) electrons. The summed E-state index contributed by atoms with van der Waals surface area (Å²) in [5.74, 6) is -1.34. The normalized spacial score (nSPS) is 23.2. The van der Waals surface area contributed by atoms with Crippen LogP contribution in [-0.2, 0) is 11.3 Å². The maximum atomic E-state index is 13.0. The van der Waals surface area contributed by atoms with Gasteiger partial charge in [0.1, 0.15) is 5.82 Å². The Hall–Kier alpha value is -0.940. The fraction of sp³-hybridized carbons (Fsp3) is 0.417. The second-order valence-corrected chi connectivity index (χ2v) is 5.10. The molecule has 2 rings (SSSR count). The van der Waals surface area contributed by atoms with Gasteiger partial charge in [-0.3, -0.25) is 4.79 Å². The van der Waals surface area contributed by atoms with E-state index in [9.17, 15) is 9.18 Å². The molecule has 3 nitrogen and oxygen atoms in total. The summed E-state index contributed by atoms with van der Waals surface area (Å²) in [6.45, 7) is 0.479. The molecule has 2 atom stereocenters. The van der Waals surface area contributed by atoms with E-state index in [0.717, 1.165) is 22.9 Å². The van der Waals surface area contributed by atoms with Gasteiger partial charge in [0, 0.05) is 17.1 Å². The molecule has 5 heteroatoms. The first-order chi connectivity index (χ1) is 8.08. The first kappa shape index (κ1) is 12.5. The van der Waals surface area contributed by atoms with Gasteiger partial charge in [-0.15, -0.1) is 0 Å². The van der Waals surface area contributed by atoms with Crippen LogP contribution < -0.4 is 5.32 Å². The first-order valence-electron chi connectivity index (χ1n) is 5.48. The fourth-order valence-corrected chi connectivity index (χ4v) is 2.35. The SMILES string of the molecule is O=C(O)C1CCC1NCc1cc(F)ccc1Br. The molecule has 0 bridgehead atoms. The van der Waals surface area contributed by atoms with Crippen LogP contribution in [-0.4, -0.2) is 17.1 Å². The van der Waals surface area contributed by atoms with Gasteiger partial charge < -0.3 is 10.4 Å². The van der Waals surface area contributed by atoms with E-state index in [1.165, 1.54) is 12.1 Å². The molecular formula is C12H13BrFNO2. The molecule has 1 fully saturated rings. The van der Waals surface area contributed by atoms with Crippen LogP contribution in [0.15, 0.2) is 22.7 Å². The molecule has 1 aliphatic rings. The summed E-state index contributed by atoms with van der Waals surface area (Å²) >= 11 is 3.34. The van der Waals surface area contributed by atoms with Crippen molar-refractivity contribution in [2.45, 2.75) is 25.4 Å². The average Bonchev–Trinajstić information content (AvgIpc) is 2.21. The van der Waals surface area contributed by atoms with Gasteiger partial charge in [0.05, 0.1) is 5.92 Å². The number of nitrogens with one attached hydrogen (secondary N) is 1. The third kappa shape index (κ3) is 2.84. The van der Waals surface area contributed by atoms with Crippen molar-refractivity contribution in [1.29, 1.82) is 0 Å². The second kappa shape index (κ2) is 5.14. The number of carboxylic acids is 1. The molecule has 92 valence electrons. The lowest BCUT2D eigenvalue weighted by molar-refractivity contribution is -0.146. The molecule has 0 aliphatic heterocycles. The number of halogens is 2. The van der Waals surface area contributed by atoms with Crippen molar-refractivity contribution in [1.82, 2.24) is 5.32 Å². The molecule has 0 aromatic heterocycles. The van der Waals surface area contributed by atoms with E-state index < -0.39 is 5.97 Å². The Kier molecular flexibility index (Phi) is 3.79. The van der Waals surface area contributed by atoms with E-state index in [1.54, 1.807) is 6.07 Å². The molecule has 2 N–H and O–H groups in total. The molecule has 0 amide bonds. The number of hydrogen-bond acceptors (Lipinski definition) is 2. The van der Waals surface area contributed by atoms with Gasteiger partial charge in [-0.25, -0.2) is 4.39 Å². The van der Waals surface area contributed by atoms with Crippen LogP contribution in [0.4, 0.5) is 4.39 Å². The summed E-state index contributed by atoms with van der Waals surface area (Å²) < 4.78 is 13.9. The minimum absolute atomic E-state index is 0.00247. The largest absolute Gasteiger partial charge is 0.481 e. The lowest BCUT2D eigenvalue weighted by atomic mass is 9.79. The van der Waals surface area contributed by atoms with Crippen LogP contribution in [0, 0.1) is 11.7 Å². The van der Waals surface area contributed by atoms with Crippen LogP contribution in [0.25, 0.3) is 0 Å². The van der Waals surface area contributed by atoms with Crippen molar-refractivity contribution in [3.8, 4) is 0 Å². The molecule has 0 heterocycles. The third-order valence-corrected chi connectivity index (χ3v) is 3.93. The van der Waals surface area contributed by atoms with Crippen LogP contribution in [0.1, 0.15) is 18.4 Å². The Morgan fingerprint density at radius 3 is 2.88 bits per heavy atom.